The third-order valence-corrected chi connectivity index (χ3v) is 3.01. The van der Waals surface area contributed by atoms with Crippen molar-refractivity contribution in [3.63, 3.8) is 0 Å². The first-order valence-electron chi connectivity index (χ1n) is 6.70. The summed E-state index contributed by atoms with van der Waals surface area (Å²) in [4.78, 5) is 11.8. The van der Waals surface area contributed by atoms with E-state index in [1.165, 1.54) is 4.68 Å². The monoisotopic (exact) mass is 289 g/mol. The number of hydrogen-bond donors (Lipinski definition) is 2. The molecule has 7 nitrogen and oxygen atoms in total. The zero-order valence-corrected chi connectivity index (χ0v) is 12.0. The molecule has 0 unspecified atom stereocenters. The number of hydrogen-bond acceptors (Lipinski definition) is 5. The second-order valence-corrected chi connectivity index (χ2v) is 4.52. The fraction of sp³-hybridized carbons (Fsp3) is 0.357. The van der Waals surface area contributed by atoms with Crippen LogP contribution in [-0.2, 0) is 24.3 Å². The van der Waals surface area contributed by atoms with Gasteiger partial charge in [0.2, 0.25) is 5.91 Å². The summed E-state index contributed by atoms with van der Waals surface area (Å²) in [5, 5.41) is 10.5. The third-order valence-electron chi connectivity index (χ3n) is 3.01. The van der Waals surface area contributed by atoms with Crippen LogP contribution >= 0.6 is 0 Å². The Labute approximate surface area is 123 Å². The van der Waals surface area contributed by atoms with Crippen molar-refractivity contribution in [1.82, 2.24) is 20.3 Å². The smallest absolute Gasteiger partial charge is 0.241 e. The van der Waals surface area contributed by atoms with Crippen LogP contribution in [0.5, 0.6) is 5.75 Å². The molecule has 0 aliphatic carbocycles. The molecule has 3 N–H and O–H groups in total. The fourth-order valence-corrected chi connectivity index (χ4v) is 1.96. The molecule has 0 bridgehead atoms. The van der Waals surface area contributed by atoms with Crippen LogP contribution in [0.4, 0.5) is 0 Å². The summed E-state index contributed by atoms with van der Waals surface area (Å²) in [6, 6.07) is 7.75. The highest BCUT2D eigenvalue weighted by Gasteiger charge is 2.06. The predicted octanol–water partition coefficient (Wildman–Crippen LogP) is 0.104. The van der Waals surface area contributed by atoms with E-state index in [0.29, 0.717) is 25.2 Å². The Morgan fingerprint density at radius 3 is 2.95 bits per heavy atom. The van der Waals surface area contributed by atoms with Crippen molar-refractivity contribution in [1.29, 1.82) is 0 Å². The molecule has 0 atom stereocenters. The average molecular weight is 289 g/mol. The Bertz CT molecular complexity index is 597. The minimum atomic E-state index is -0.113. The normalized spacial score (nSPS) is 10.4. The fourth-order valence-electron chi connectivity index (χ4n) is 1.96. The van der Waals surface area contributed by atoms with Crippen LogP contribution in [0.15, 0.2) is 30.5 Å². The lowest BCUT2D eigenvalue weighted by Crippen LogP contribution is -2.29. The zero-order chi connectivity index (χ0) is 15.1. The SMILES string of the molecule is COc1ccccc1CCNC(=O)Cn1cc(CN)nn1. The summed E-state index contributed by atoms with van der Waals surface area (Å²) < 4.78 is 6.74. The first-order valence-corrected chi connectivity index (χ1v) is 6.70. The Balaban J connectivity index is 1.79. The van der Waals surface area contributed by atoms with Gasteiger partial charge in [-0.3, -0.25) is 4.79 Å². The summed E-state index contributed by atoms with van der Waals surface area (Å²) in [6.07, 6.45) is 2.38. The van der Waals surface area contributed by atoms with Crippen molar-refractivity contribution in [2.45, 2.75) is 19.5 Å². The van der Waals surface area contributed by atoms with Crippen LogP contribution in [0, 0.1) is 0 Å². The molecule has 112 valence electrons. The number of carbonyl (C=O) groups excluding carboxylic acids is 1. The third kappa shape index (κ3) is 4.28. The molecule has 21 heavy (non-hydrogen) atoms. The molecule has 0 fully saturated rings. The van der Waals surface area contributed by atoms with Crippen molar-refractivity contribution < 1.29 is 9.53 Å². The molecule has 0 spiro atoms. The molecule has 7 heteroatoms. The van der Waals surface area contributed by atoms with E-state index in [-0.39, 0.29) is 12.5 Å². The van der Waals surface area contributed by atoms with Crippen molar-refractivity contribution in [2.24, 2.45) is 5.73 Å². The predicted molar refractivity (Wildman–Crippen MR) is 77.6 cm³/mol. The number of benzene rings is 1. The molecular weight excluding hydrogens is 270 g/mol. The van der Waals surface area contributed by atoms with Gasteiger partial charge in [-0.05, 0) is 18.1 Å². The molecule has 0 aliphatic heterocycles. The summed E-state index contributed by atoms with van der Waals surface area (Å²) in [5.41, 5.74) is 7.16. The number of para-hydroxylation sites is 1. The molecule has 0 saturated heterocycles. The van der Waals surface area contributed by atoms with Gasteiger partial charge in [0.1, 0.15) is 12.3 Å². The summed E-state index contributed by atoms with van der Waals surface area (Å²) in [6.45, 7) is 0.992. The van der Waals surface area contributed by atoms with E-state index in [1.807, 2.05) is 24.3 Å². The van der Waals surface area contributed by atoms with E-state index in [9.17, 15) is 4.79 Å². The number of nitrogens with two attached hydrogens (primary N) is 1. The number of methoxy groups -OCH3 is 1. The second kappa shape index (κ2) is 7.39. The van der Waals surface area contributed by atoms with Gasteiger partial charge in [-0.15, -0.1) is 5.10 Å². The van der Waals surface area contributed by atoms with Crippen LogP contribution in [0.2, 0.25) is 0 Å². The first-order chi connectivity index (χ1) is 10.2. The topological polar surface area (TPSA) is 95.1 Å². The van der Waals surface area contributed by atoms with Crippen molar-refractivity contribution in [3.05, 3.63) is 41.7 Å². The van der Waals surface area contributed by atoms with Gasteiger partial charge in [0, 0.05) is 13.1 Å². The van der Waals surface area contributed by atoms with E-state index in [2.05, 4.69) is 15.6 Å². The van der Waals surface area contributed by atoms with Crippen LogP contribution in [-0.4, -0.2) is 34.6 Å². The lowest BCUT2D eigenvalue weighted by atomic mass is 10.1. The van der Waals surface area contributed by atoms with Gasteiger partial charge in [0.25, 0.3) is 0 Å². The van der Waals surface area contributed by atoms with Gasteiger partial charge in [0.15, 0.2) is 0 Å². The van der Waals surface area contributed by atoms with Gasteiger partial charge in [-0.1, -0.05) is 23.4 Å². The van der Waals surface area contributed by atoms with E-state index in [4.69, 9.17) is 10.5 Å². The standard InChI is InChI=1S/C14H19N5O2/c1-21-13-5-3-2-4-11(13)6-7-16-14(20)10-19-9-12(8-15)17-18-19/h2-5,9H,6-8,10,15H2,1H3,(H,16,20). The Morgan fingerprint density at radius 1 is 1.43 bits per heavy atom. The van der Waals surface area contributed by atoms with Crippen LogP contribution in [0.3, 0.4) is 0 Å². The minimum Gasteiger partial charge on any atom is -0.496 e. The largest absolute Gasteiger partial charge is 0.496 e. The van der Waals surface area contributed by atoms with Crippen LogP contribution < -0.4 is 15.8 Å². The summed E-state index contributed by atoms with van der Waals surface area (Å²) in [7, 11) is 1.64. The van der Waals surface area contributed by atoms with Crippen molar-refractivity contribution in [3.8, 4) is 5.75 Å². The van der Waals surface area contributed by atoms with Gasteiger partial charge < -0.3 is 15.8 Å². The molecule has 2 rings (SSSR count). The Morgan fingerprint density at radius 2 is 2.24 bits per heavy atom. The molecule has 0 saturated carbocycles. The molecule has 1 aromatic carbocycles. The Kier molecular flexibility index (Phi) is 5.28. The quantitative estimate of drug-likeness (QED) is 0.754. The highest BCUT2D eigenvalue weighted by molar-refractivity contribution is 5.75. The van der Waals surface area contributed by atoms with Crippen molar-refractivity contribution >= 4 is 5.91 Å². The van der Waals surface area contributed by atoms with E-state index in [0.717, 1.165) is 11.3 Å². The summed E-state index contributed by atoms with van der Waals surface area (Å²) in [5.74, 6) is 0.717. The molecule has 1 aromatic heterocycles. The number of aromatic nitrogens is 3. The number of amides is 1. The molecule has 1 amide bonds. The number of carbonyl (C=O) groups is 1. The average Bonchev–Trinajstić information content (AvgIpc) is 2.95. The van der Waals surface area contributed by atoms with E-state index < -0.39 is 0 Å². The lowest BCUT2D eigenvalue weighted by molar-refractivity contribution is -0.121. The molecule has 0 radical (unpaired) electrons. The highest BCUT2D eigenvalue weighted by Crippen LogP contribution is 2.17. The lowest BCUT2D eigenvalue weighted by Gasteiger charge is -2.09. The molecular formula is C14H19N5O2. The number of rotatable bonds is 7. The van der Waals surface area contributed by atoms with Gasteiger partial charge >= 0.3 is 0 Å². The van der Waals surface area contributed by atoms with E-state index >= 15 is 0 Å². The summed E-state index contributed by atoms with van der Waals surface area (Å²) >= 11 is 0. The maximum Gasteiger partial charge on any atom is 0.241 e. The van der Waals surface area contributed by atoms with Gasteiger partial charge in [0.05, 0.1) is 19.0 Å². The maximum absolute atomic E-state index is 11.8. The molecule has 1 heterocycles. The second-order valence-electron chi connectivity index (χ2n) is 4.52. The first kappa shape index (κ1) is 15.0. The minimum absolute atomic E-state index is 0.113. The zero-order valence-electron chi connectivity index (χ0n) is 12.0. The van der Waals surface area contributed by atoms with Gasteiger partial charge in [-0.25, -0.2) is 4.68 Å². The number of ether oxygens (including phenoxy) is 1. The highest BCUT2D eigenvalue weighted by atomic mass is 16.5. The van der Waals surface area contributed by atoms with Crippen LogP contribution in [0.25, 0.3) is 0 Å². The molecule has 2 aromatic rings. The van der Waals surface area contributed by atoms with Crippen molar-refractivity contribution in [2.75, 3.05) is 13.7 Å². The van der Waals surface area contributed by atoms with Crippen LogP contribution in [0.1, 0.15) is 11.3 Å². The number of nitrogens with one attached hydrogen (secondary N) is 1. The Hall–Kier alpha value is -2.41. The van der Waals surface area contributed by atoms with Gasteiger partial charge in [-0.2, -0.15) is 0 Å². The molecule has 0 aliphatic rings. The van der Waals surface area contributed by atoms with E-state index in [1.54, 1.807) is 13.3 Å². The number of nitrogens with zero attached hydrogens (tertiary/aromatic N) is 3. The maximum atomic E-state index is 11.8.